The topological polar surface area (TPSA) is 49.4 Å². The summed E-state index contributed by atoms with van der Waals surface area (Å²) in [5, 5.41) is 9.36. The lowest BCUT2D eigenvalue weighted by Gasteiger charge is -2.37. The van der Waals surface area contributed by atoms with Crippen molar-refractivity contribution in [2.24, 2.45) is 0 Å². The van der Waals surface area contributed by atoms with Crippen LogP contribution in [0.5, 0.6) is 0 Å². The summed E-state index contributed by atoms with van der Waals surface area (Å²) >= 11 is 0. The first kappa shape index (κ1) is 15.4. The Balaban J connectivity index is 0.000000325. The van der Waals surface area contributed by atoms with E-state index in [4.69, 9.17) is 0 Å². The third-order valence-corrected chi connectivity index (χ3v) is 2.92. The SMILES string of the molecule is CCC[N+]1(C)CCCCC1.COCC(=O)[O-]. The molecule has 4 heteroatoms. The Morgan fingerprint density at radius 2 is 1.88 bits per heavy atom. The van der Waals surface area contributed by atoms with Crippen LogP contribution >= 0.6 is 0 Å². The minimum absolute atomic E-state index is 0.319. The van der Waals surface area contributed by atoms with Crippen molar-refractivity contribution >= 4 is 5.97 Å². The fourth-order valence-electron chi connectivity index (χ4n) is 2.16. The number of carbonyl (C=O) groups excluding carboxylic acids is 1. The molecule has 0 spiro atoms. The zero-order valence-electron chi connectivity index (χ0n) is 10.8. The van der Waals surface area contributed by atoms with Gasteiger partial charge in [0.2, 0.25) is 0 Å². The van der Waals surface area contributed by atoms with Crippen LogP contribution in [0, 0.1) is 0 Å². The molecule has 0 N–H and O–H groups in total. The summed E-state index contributed by atoms with van der Waals surface area (Å²) < 4.78 is 5.48. The maximum Gasteiger partial charge on any atom is 0.0857 e. The van der Waals surface area contributed by atoms with Crippen LogP contribution in [-0.2, 0) is 9.53 Å². The molecule has 1 fully saturated rings. The lowest BCUT2D eigenvalue weighted by atomic mass is 10.1. The molecule has 0 aromatic rings. The molecule has 1 saturated heterocycles. The monoisotopic (exact) mass is 231 g/mol. The summed E-state index contributed by atoms with van der Waals surface area (Å²) in [6, 6.07) is 0. The highest BCUT2D eigenvalue weighted by Gasteiger charge is 2.22. The molecule has 1 aliphatic heterocycles. The molecule has 0 bridgehead atoms. The average molecular weight is 231 g/mol. The zero-order chi connectivity index (χ0) is 12.4. The van der Waals surface area contributed by atoms with Gasteiger partial charge in [-0.25, -0.2) is 0 Å². The second kappa shape index (κ2) is 8.53. The van der Waals surface area contributed by atoms with Gasteiger partial charge in [0.25, 0.3) is 0 Å². The number of carbonyl (C=O) groups is 1. The number of hydrogen-bond donors (Lipinski definition) is 0. The first-order valence-electron chi connectivity index (χ1n) is 6.06. The molecule has 1 heterocycles. The summed E-state index contributed by atoms with van der Waals surface area (Å²) in [6.07, 6.45) is 5.72. The van der Waals surface area contributed by atoms with E-state index >= 15 is 0 Å². The van der Waals surface area contributed by atoms with Gasteiger partial charge in [-0.2, -0.15) is 0 Å². The number of rotatable bonds is 4. The molecule has 16 heavy (non-hydrogen) atoms. The highest BCUT2D eigenvalue weighted by Crippen LogP contribution is 2.15. The van der Waals surface area contributed by atoms with E-state index in [0.29, 0.717) is 0 Å². The Bertz CT molecular complexity index is 183. The molecule has 0 amide bonds. The number of nitrogens with zero attached hydrogens (tertiary/aromatic N) is 1. The molecule has 0 atom stereocenters. The molecule has 0 saturated carbocycles. The van der Waals surface area contributed by atoms with Crippen molar-refractivity contribution < 1.29 is 19.1 Å². The van der Waals surface area contributed by atoms with E-state index in [9.17, 15) is 9.90 Å². The van der Waals surface area contributed by atoms with Gasteiger partial charge in [0.1, 0.15) is 0 Å². The molecule has 4 nitrogen and oxygen atoms in total. The van der Waals surface area contributed by atoms with Gasteiger partial charge in [-0.3, -0.25) is 0 Å². The first-order valence-corrected chi connectivity index (χ1v) is 6.06. The number of carboxylic acids is 1. The van der Waals surface area contributed by atoms with Crippen molar-refractivity contribution in [3.8, 4) is 0 Å². The maximum atomic E-state index is 9.36. The van der Waals surface area contributed by atoms with Crippen LogP contribution in [0.4, 0.5) is 0 Å². The van der Waals surface area contributed by atoms with Crippen LogP contribution in [0.2, 0.25) is 0 Å². The van der Waals surface area contributed by atoms with Crippen molar-refractivity contribution in [3.63, 3.8) is 0 Å². The standard InChI is InChI=1S/C9H20N.C3H6O3/c1-3-7-10(2)8-5-4-6-9-10;1-6-2-3(4)5/h3-9H2,1-2H3;2H2,1H3,(H,4,5)/q+1;/p-1. The van der Waals surface area contributed by atoms with Gasteiger partial charge in [-0.1, -0.05) is 6.92 Å². The largest absolute Gasteiger partial charge is 0.548 e. The van der Waals surface area contributed by atoms with Gasteiger partial charge < -0.3 is 19.1 Å². The highest BCUT2D eigenvalue weighted by molar-refractivity contribution is 5.65. The van der Waals surface area contributed by atoms with Crippen molar-refractivity contribution in [3.05, 3.63) is 0 Å². The second-order valence-electron chi connectivity index (χ2n) is 4.66. The third-order valence-electron chi connectivity index (χ3n) is 2.92. The Kier molecular flexibility index (Phi) is 8.21. The molecule has 0 aliphatic carbocycles. The number of ether oxygens (including phenoxy) is 1. The minimum Gasteiger partial charge on any atom is -0.548 e. The predicted molar refractivity (Wildman–Crippen MR) is 61.8 cm³/mol. The Labute approximate surface area is 98.8 Å². The fourth-order valence-corrected chi connectivity index (χ4v) is 2.16. The first-order chi connectivity index (χ1) is 7.54. The van der Waals surface area contributed by atoms with E-state index in [0.717, 1.165) is 0 Å². The molecule has 1 aliphatic rings. The fraction of sp³-hybridized carbons (Fsp3) is 0.917. The van der Waals surface area contributed by atoms with E-state index < -0.39 is 5.97 Å². The van der Waals surface area contributed by atoms with Crippen LogP contribution < -0.4 is 5.11 Å². The van der Waals surface area contributed by atoms with Crippen LogP contribution in [0.15, 0.2) is 0 Å². The van der Waals surface area contributed by atoms with Crippen LogP contribution in [0.1, 0.15) is 32.6 Å². The second-order valence-corrected chi connectivity index (χ2v) is 4.66. The van der Waals surface area contributed by atoms with Crippen LogP contribution in [0.3, 0.4) is 0 Å². The molecule has 96 valence electrons. The van der Waals surface area contributed by atoms with E-state index in [2.05, 4.69) is 18.7 Å². The summed E-state index contributed by atoms with van der Waals surface area (Å²) in [6.45, 7) is 6.21. The molecular formula is C12H25NO3. The van der Waals surface area contributed by atoms with Gasteiger partial charge in [-0.15, -0.1) is 0 Å². The van der Waals surface area contributed by atoms with Crippen molar-refractivity contribution in [1.29, 1.82) is 0 Å². The summed E-state index contributed by atoms with van der Waals surface area (Å²) in [4.78, 5) is 9.36. The van der Waals surface area contributed by atoms with E-state index in [1.54, 1.807) is 0 Å². The summed E-state index contributed by atoms with van der Waals surface area (Å²) in [5.41, 5.74) is 0. The van der Waals surface area contributed by atoms with E-state index in [1.165, 1.54) is 56.9 Å². The van der Waals surface area contributed by atoms with E-state index in [1.807, 2.05) is 0 Å². The molecule has 0 aromatic heterocycles. The average Bonchev–Trinajstić information content (AvgIpc) is 2.19. The predicted octanol–water partition coefficient (Wildman–Crippen LogP) is 0.410. The van der Waals surface area contributed by atoms with Crippen LogP contribution in [0.25, 0.3) is 0 Å². The van der Waals surface area contributed by atoms with Gasteiger partial charge in [0.15, 0.2) is 0 Å². The van der Waals surface area contributed by atoms with Crippen molar-refractivity contribution in [2.45, 2.75) is 32.6 Å². The van der Waals surface area contributed by atoms with Gasteiger partial charge >= 0.3 is 0 Å². The lowest BCUT2D eigenvalue weighted by Crippen LogP contribution is -2.48. The number of hydrogen-bond acceptors (Lipinski definition) is 3. The summed E-state index contributed by atoms with van der Waals surface area (Å²) in [7, 11) is 3.71. The Morgan fingerprint density at radius 3 is 2.19 bits per heavy atom. The summed E-state index contributed by atoms with van der Waals surface area (Å²) in [5.74, 6) is -1.18. The molecule has 0 aromatic carbocycles. The highest BCUT2D eigenvalue weighted by atomic mass is 16.5. The third kappa shape index (κ3) is 7.65. The molecule has 0 radical (unpaired) electrons. The number of methoxy groups -OCH3 is 1. The van der Waals surface area contributed by atoms with Crippen molar-refractivity contribution in [1.82, 2.24) is 0 Å². The number of carboxylic acid groups (broad SMARTS) is 1. The molecule has 0 unspecified atom stereocenters. The molecule has 1 rings (SSSR count). The Hall–Kier alpha value is -0.610. The van der Waals surface area contributed by atoms with Gasteiger partial charge in [0, 0.05) is 7.11 Å². The number of likely N-dealkylation sites (tertiary alicyclic amines) is 1. The van der Waals surface area contributed by atoms with Crippen molar-refractivity contribution in [2.75, 3.05) is 40.4 Å². The quantitative estimate of drug-likeness (QED) is 0.658. The van der Waals surface area contributed by atoms with Gasteiger partial charge in [0.05, 0.1) is 39.3 Å². The molecular weight excluding hydrogens is 206 g/mol. The number of piperidine rings is 1. The lowest BCUT2D eigenvalue weighted by molar-refractivity contribution is -0.914. The van der Waals surface area contributed by atoms with E-state index in [-0.39, 0.29) is 6.61 Å². The number of aliphatic carboxylic acids is 1. The Morgan fingerprint density at radius 1 is 1.31 bits per heavy atom. The maximum absolute atomic E-state index is 9.36. The minimum atomic E-state index is -1.18. The van der Waals surface area contributed by atoms with Gasteiger partial charge in [-0.05, 0) is 25.7 Å². The zero-order valence-corrected chi connectivity index (χ0v) is 10.8. The normalized spacial score (nSPS) is 18.4. The van der Waals surface area contributed by atoms with Crippen LogP contribution in [-0.4, -0.2) is 50.9 Å². The smallest absolute Gasteiger partial charge is 0.0857 e. The number of quaternary nitrogens is 1.